The third-order valence-corrected chi connectivity index (χ3v) is 2.86. The van der Waals surface area contributed by atoms with Gasteiger partial charge >= 0.3 is 0 Å². The molecule has 0 bridgehead atoms. The van der Waals surface area contributed by atoms with Gasteiger partial charge in [-0.2, -0.15) is 0 Å². The van der Waals surface area contributed by atoms with Gasteiger partial charge in [-0.05, 0) is 31.5 Å². The van der Waals surface area contributed by atoms with Gasteiger partial charge in [-0.25, -0.2) is 0 Å². The summed E-state index contributed by atoms with van der Waals surface area (Å²) in [6, 6.07) is 8.10. The molecule has 0 radical (unpaired) electrons. The average molecular weight is 220 g/mol. The lowest BCUT2D eigenvalue weighted by molar-refractivity contribution is -0.0882. The van der Waals surface area contributed by atoms with Crippen LogP contribution in [-0.2, 0) is 11.3 Å². The van der Waals surface area contributed by atoms with Gasteiger partial charge in [0.1, 0.15) is 0 Å². The fraction of sp³-hybridized carbons (Fsp3) is 0.538. The first-order valence-corrected chi connectivity index (χ1v) is 5.76. The van der Waals surface area contributed by atoms with Crippen LogP contribution in [0.3, 0.4) is 0 Å². The molecule has 1 aromatic rings. The molecular weight excluding hydrogens is 200 g/mol. The van der Waals surface area contributed by atoms with Gasteiger partial charge in [0, 0.05) is 25.3 Å². The van der Waals surface area contributed by atoms with Gasteiger partial charge in [0.05, 0.1) is 12.2 Å². The first-order chi connectivity index (χ1) is 7.55. The molecule has 0 aromatic heterocycles. The van der Waals surface area contributed by atoms with Gasteiger partial charge < -0.3 is 10.5 Å². The van der Waals surface area contributed by atoms with Crippen LogP contribution in [0, 0.1) is 0 Å². The van der Waals surface area contributed by atoms with E-state index in [0.29, 0.717) is 0 Å². The van der Waals surface area contributed by atoms with Gasteiger partial charge in [-0.1, -0.05) is 12.1 Å². The van der Waals surface area contributed by atoms with E-state index < -0.39 is 0 Å². The molecule has 3 heteroatoms. The number of hydrogen-bond donors (Lipinski definition) is 1. The zero-order valence-corrected chi connectivity index (χ0v) is 10.1. The molecule has 0 amide bonds. The van der Waals surface area contributed by atoms with Gasteiger partial charge in [-0.3, -0.25) is 4.90 Å². The number of nitrogens with zero attached hydrogens (tertiary/aromatic N) is 1. The lowest BCUT2D eigenvalue weighted by atomic mass is 10.1. The summed E-state index contributed by atoms with van der Waals surface area (Å²) >= 11 is 0. The Labute approximate surface area is 97.2 Å². The van der Waals surface area contributed by atoms with Crippen LogP contribution in [-0.4, -0.2) is 30.2 Å². The highest BCUT2D eigenvalue weighted by molar-refractivity contribution is 5.40. The van der Waals surface area contributed by atoms with Crippen molar-refractivity contribution in [1.82, 2.24) is 4.90 Å². The van der Waals surface area contributed by atoms with E-state index in [-0.39, 0.29) is 5.60 Å². The molecule has 1 aliphatic rings. The first-order valence-electron chi connectivity index (χ1n) is 5.76. The van der Waals surface area contributed by atoms with Crippen molar-refractivity contribution in [2.45, 2.75) is 26.0 Å². The predicted octanol–water partition coefficient (Wildman–Crippen LogP) is 1.88. The second kappa shape index (κ2) is 4.44. The number of nitrogen functional groups attached to an aromatic ring is 1. The van der Waals surface area contributed by atoms with Crippen LogP contribution in [0.5, 0.6) is 0 Å². The molecule has 2 N–H and O–H groups in total. The highest BCUT2D eigenvalue weighted by atomic mass is 16.5. The normalized spacial score (nSPS) is 20.9. The van der Waals surface area contributed by atoms with Crippen LogP contribution >= 0.6 is 0 Å². The smallest absolute Gasteiger partial charge is 0.0753 e. The molecule has 0 unspecified atom stereocenters. The maximum Gasteiger partial charge on any atom is 0.0753 e. The SMILES string of the molecule is CC1(C)CN(Cc2cccc(N)c2)CCO1. The first kappa shape index (κ1) is 11.4. The number of benzene rings is 1. The molecule has 1 heterocycles. The number of ether oxygens (including phenoxy) is 1. The Balaban J connectivity index is 1.99. The Hall–Kier alpha value is -1.06. The second-order valence-electron chi connectivity index (χ2n) is 5.06. The van der Waals surface area contributed by atoms with Crippen molar-refractivity contribution in [3.05, 3.63) is 29.8 Å². The summed E-state index contributed by atoms with van der Waals surface area (Å²) in [5.41, 5.74) is 7.86. The van der Waals surface area contributed by atoms with Crippen LogP contribution in [0.1, 0.15) is 19.4 Å². The highest BCUT2D eigenvalue weighted by Gasteiger charge is 2.26. The fourth-order valence-corrected chi connectivity index (χ4v) is 2.20. The topological polar surface area (TPSA) is 38.5 Å². The fourth-order valence-electron chi connectivity index (χ4n) is 2.20. The van der Waals surface area contributed by atoms with Crippen molar-refractivity contribution in [3.8, 4) is 0 Å². The molecule has 1 aromatic carbocycles. The summed E-state index contributed by atoms with van der Waals surface area (Å²) in [6.07, 6.45) is 0. The molecule has 0 atom stereocenters. The second-order valence-corrected chi connectivity index (χ2v) is 5.06. The molecule has 0 spiro atoms. The van der Waals surface area contributed by atoms with Crippen LogP contribution in [0.2, 0.25) is 0 Å². The van der Waals surface area contributed by atoms with Crippen LogP contribution < -0.4 is 5.73 Å². The molecule has 1 fully saturated rings. The summed E-state index contributed by atoms with van der Waals surface area (Å²) in [7, 11) is 0. The van der Waals surface area contributed by atoms with Crippen molar-refractivity contribution < 1.29 is 4.74 Å². The van der Waals surface area contributed by atoms with Gasteiger partial charge in [0.25, 0.3) is 0 Å². The predicted molar refractivity (Wildman–Crippen MR) is 66.2 cm³/mol. The summed E-state index contributed by atoms with van der Waals surface area (Å²) in [5.74, 6) is 0. The summed E-state index contributed by atoms with van der Waals surface area (Å²) < 4.78 is 5.69. The van der Waals surface area contributed by atoms with Crippen molar-refractivity contribution in [2.24, 2.45) is 0 Å². The minimum Gasteiger partial charge on any atom is -0.399 e. The van der Waals surface area contributed by atoms with E-state index >= 15 is 0 Å². The standard InChI is InChI=1S/C13H20N2O/c1-13(2)10-15(6-7-16-13)9-11-4-3-5-12(14)8-11/h3-5,8H,6-7,9-10,14H2,1-2H3. The molecule has 16 heavy (non-hydrogen) atoms. The van der Waals surface area contributed by atoms with Crippen molar-refractivity contribution in [2.75, 3.05) is 25.4 Å². The molecule has 0 saturated carbocycles. The third kappa shape index (κ3) is 2.97. The van der Waals surface area contributed by atoms with E-state index in [2.05, 4.69) is 24.8 Å². The molecule has 2 rings (SSSR count). The number of anilines is 1. The number of morpholine rings is 1. The molecular formula is C13H20N2O. The van der Waals surface area contributed by atoms with Crippen LogP contribution in [0.4, 0.5) is 5.69 Å². The Morgan fingerprint density at radius 2 is 2.25 bits per heavy atom. The van der Waals surface area contributed by atoms with E-state index in [4.69, 9.17) is 10.5 Å². The maximum absolute atomic E-state index is 5.77. The largest absolute Gasteiger partial charge is 0.399 e. The van der Waals surface area contributed by atoms with Crippen molar-refractivity contribution in [1.29, 1.82) is 0 Å². The molecule has 1 saturated heterocycles. The number of rotatable bonds is 2. The Morgan fingerprint density at radius 3 is 2.94 bits per heavy atom. The van der Waals surface area contributed by atoms with Gasteiger partial charge in [0.15, 0.2) is 0 Å². The van der Waals surface area contributed by atoms with Crippen molar-refractivity contribution >= 4 is 5.69 Å². The lowest BCUT2D eigenvalue weighted by Gasteiger charge is -2.38. The quantitative estimate of drug-likeness (QED) is 0.773. The highest BCUT2D eigenvalue weighted by Crippen LogP contribution is 2.18. The summed E-state index contributed by atoms with van der Waals surface area (Å²) in [5, 5.41) is 0. The third-order valence-electron chi connectivity index (χ3n) is 2.86. The van der Waals surface area contributed by atoms with Crippen LogP contribution in [0.15, 0.2) is 24.3 Å². The Bertz CT molecular complexity index is 363. The molecule has 0 aliphatic carbocycles. The molecule has 88 valence electrons. The van der Waals surface area contributed by atoms with E-state index in [9.17, 15) is 0 Å². The van der Waals surface area contributed by atoms with Gasteiger partial charge in [0.2, 0.25) is 0 Å². The number of nitrogens with two attached hydrogens (primary N) is 1. The molecule has 3 nitrogen and oxygen atoms in total. The van der Waals surface area contributed by atoms with Gasteiger partial charge in [-0.15, -0.1) is 0 Å². The summed E-state index contributed by atoms with van der Waals surface area (Å²) in [6.45, 7) is 8.02. The minimum atomic E-state index is -0.0292. The van der Waals surface area contributed by atoms with E-state index in [1.807, 2.05) is 18.2 Å². The van der Waals surface area contributed by atoms with E-state index in [1.165, 1.54) is 5.56 Å². The maximum atomic E-state index is 5.77. The average Bonchev–Trinajstić information content (AvgIpc) is 2.15. The lowest BCUT2D eigenvalue weighted by Crippen LogP contribution is -2.47. The molecule has 1 aliphatic heterocycles. The zero-order chi connectivity index (χ0) is 11.6. The monoisotopic (exact) mass is 220 g/mol. The Kier molecular flexibility index (Phi) is 3.17. The minimum absolute atomic E-state index is 0.0292. The number of hydrogen-bond acceptors (Lipinski definition) is 3. The summed E-state index contributed by atoms with van der Waals surface area (Å²) in [4.78, 5) is 2.41. The zero-order valence-electron chi connectivity index (χ0n) is 10.1. The van der Waals surface area contributed by atoms with E-state index in [0.717, 1.165) is 31.9 Å². The van der Waals surface area contributed by atoms with E-state index in [1.54, 1.807) is 0 Å². The van der Waals surface area contributed by atoms with Crippen LogP contribution in [0.25, 0.3) is 0 Å². The van der Waals surface area contributed by atoms with Crippen molar-refractivity contribution in [3.63, 3.8) is 0 Å². The Morgan fingerprint density at radius 1 is 1.44 bits per heavy atom.